The van der Waals surface area contributed by atoms with Gasteiger partial charge >= 0.3 is 0 Å². The lowest BCUT2D eigenvalue weighted by Gasteiger charge is -2.27. The van der Waals surface area contributed by atoms with Crippen molar-refractivity contribution < 1.29 is 0 Å². The van der Waals surface area contributed by atoms with Crippen LogP contribution in [-0.4, -0.2) is 24.0 Å². The van der Waals surface area contributed by atoms with Gasteiger partial charge in [-0.1, -0.05) is 36.2 Å². The Morgan fingerprint density at radius 3 is 2.56 bits per heavy atom. The van der Waals surface area contributed by atoms with Crippen LogP contribution in [0.5, 0.6) is 0 Å². The number of aryl methyl sites for hydroxylation is 2. The van der Waals surface area contributed by atoms with Crippen molar-refractivity contribution in [1.82, 2.24) is 4.90 Å². The first kappa shape index (κ1) is 13.6. The zero-order valence-electron chi connectivity index (χ0n) is 11.9. The lowest BCUT2D eigenvalue weighted by atomic mass is 10.0. The van der Waals surface area contributed by atoms with Crippen molar-refractivity contribution in [3.63, 3.8) is 0 Å². The normalized spacial score (nSPS) is 22.3. The third-order valence-electron chi connectivity index (χ3n) is 4.07. The maximum absolute atomic E-state index is 6.39. The summed E-state index contributed by atoms with van der Waals surface area (Å²) >= 11 is 0. The van der Waals surface area contributed by atoms with Crippen LogP contribution in [0.1, 0.15) is 48.9 Å². The third-order valence-corrected chi connectivity index (χ3v) is 4.07. The molecule has 2 N–H and O–H groups in total. The highest BCUT2D eigenvalue weighted by Crippen LogP contribution is 2.23. The van der Waals surface area contributed by atoms with Crippen LogP contribution in [0.3, 0.4) is 0 Å². The molecule has 1 aliphatic heterocycles. The zero-order chi connectivity index (χ0) is 13.1. The van der Waals surface area contributed by atoms with Crippen LogP contribution >= 0.6 is 0 Å². The number of likely N-dealkylation sites (tertiary alicyclic amines) is 1. The topological polar surface area (TPSA) is 29.3 Å². The minimum absolute atomic E-state index is 0.149. The van der Waals surface area contributed by atoms with Gasteiger partial charge in [0.1, 0.15) is 0 Å². The van der Waals surface area contributed by atoms with E-state index in [2.05, 4.69) is 43.9 Å². The highest BCUT2D eigenvalue weighted by Gasteiger charge is 2.24. The van der Waals surface area contributed by atoms with Crippen molar-refractivity contribution in [2.24, 2.45) is 5.73 Å². The average Bonchev–Trinajstić information content (AvgIpc) is 2.75. The first-order valence-corrected chi connectivity index (χ1v) is 7.18. The van der Waals surface area contributed by atoms with E-state index < -0.39 is 0 Å². The second kappa shape index (κ2) is 5.85. The van der Waals surface area contributed by atoms with E-state index in [4.69, 9.17) is 5.73 Å². The van der Waals surface area contributed by atoms with E-state index in [9.17, 15) is 0 Å². The fourth-order valence-electron chi connectivity index (χ4n) is 3.18. The van der Waals surface area contributed by atoms with Gasteiger partial charge in [0.05, 0.1) is 0 Å². The minimum Gasteiger partial charge on any atom is -0.323 e. The largest absolute Gasteiger partial charge is 0.323 e. The molecule has 1 saturated heterocycles. The van der Waals surface area contributed by atoms with Gasteiger partial charge in [-0.2, -0.15) is 0 Å². The molecular formula is C16H26N2. The van der Waals surface area contributed by atoms with Gasteiger partial charge in [-0.05, 0) is 45.2 Å². The van der Waals surface area contributed by atoms with Gasteiger partial charge in [0.2, 0.25) is 0 Å². The number of rotatable bonds is 4. The molecule has 0 saturated carbocycles. The molecule has 100 valence electrons. The first-order valence-electron chi connectivity index (χ1n) is 7.18. The number of hydrogen-bond acceptors (Lipinski definition) is 2. The summed E-state index contributed by atoms with van der Waals surface area (Å²) in [6.07, 6.45) is 3.92. The minimum atomic E-state index is 0.149. The van der Waals surface area contributed by atoms with E-state index in [-0.39, 0.29) is 6.04 Å². The highest BCUT2D eigenvalue weighted by atomic mass is 15.2. The molecule has 1 aromatic carbocycles. The van der Waals surface area contributed by atoms with Crippen molar-refractivity contribution in [3.05, 3.63) is 34.9 Å². The van der Waals surface area contributed by atoms with Crippen molar-refractivity contribution >= 4 is 0 Å². The van der Waals surface area contributed by atoms with Crippen LogP contribution in [0.25, 0.3) is 0 Å². The predicted molar refractivity (Wildman–Crippen MR) is 77.7 cm³/mol. The Labute approximate surface area is 111 Å². The number of nitrogens with zero attached hydrogens (tertiary/aromatic N) is 1. The van der Waals surface area contributed by atoms with Gasteiger partial charge in [-0.15, -0.1) is 0 Å². The number of benzene rings is 1. The maximum Gasteiger partial charge on any atom is 0.0424 e. The summed E-state index contributed by atoms with van der Waals surface area (Å²) in [5.41, 5.74) is 10.3. The molecule has 0 amide bonds. The van der Waals surface area contributed by atoms with Crippen LogP contribution in [0.4, 0.5) is 0 Å². The summed E-state index contributed by atoms with van der Waals surface area (Å²) < 4.78 is 0. The van der Waals surface area contributed by atoms with Crippen LogP contribution in [-0.2, 0) is 0 Å². The molecule has 0 spiro atoms. The van der Waals surface area contributed by atoms with Crippen molar-refractivity contribution in [2.75, 3.05) is 13.1 Å². The lowest BCUT2D eigenvalue weighted by molar-refractivity contribution is 0.234. The predicted octanol–water partition coefficient (Wildman–Crippen LogP) is 3.18. The highest BCUT2D eigenvalue weighted by molar-refractivity contribution is 5.30. The average molecular weight is 246 g/mol. The van der Waals surface area contributed by atoms with Crippen molar-refractivity contribution in [3.8, 4) is 0 Å². The van der Waals surface area contributed by atoms with Crippen molar-refractivity contribution in [1.29, 1.82) is 0 Å². The van der Waals surface area contributed by atoms with E-state index >= 15 is 0 Å². The van der Waals surface area contributed by atoms with Crippen LogP contribution in [0.15, 0.2) is 18.2 Å². The van der Waals surface area contributed by atoms with Crippen LogP contribution in [0, 0.1) is 13.8 Å². The lowest BCUT2D eigenvalue weighted by Crippen LogP contribution is -2.35. The van der Waals surface area contributed by atoms with E-state index in [1.54, 1.807) is 0 Å². The third kappa shape index (κ3) is 3.12. The summed E-state index contributed by atoms with van der Waals surface area (Å²) in [7, 11) is 0. The fourth-order valence-corrected chi connectivity index (χ4v) is 3.18. The van der Waals surface area contributed by atoms with Gasteiger partial charge in [-0.25, -0.2) is 0 Å². The summed E-state index contributed by atoms with van der Waals surface area (Å²) in [6, 6.07) is 7.57. The molecule has 0 aromatic heterocycles. The molecule has 18 heavy (non-hydrogen) atoms. The molecule has 1 aliphatic rings. The monoisotopic (exact) mass is 246 g/mol. The Morgan fingerprint density at radius 2 is 1.94 bits per heavy atom. The molecule has 0 bridgehead atoms. The Kier molecular flexibility index (Phi) is 4.41. The molecule has 2 heteroatoms. The SMILES string of the molecule is CCC1CCCN1CC(N)c1cc(C)cc(C)c1. The Hall–Kier alpha value is -0.860. The second-order valence-electron chi connectivity index (χ2n) is 5.73. The second-order valence-corrected chi connectivity index (χ2v) is 5.73. The smallest absolute Gasteiger partial charge is 0.0424 e. The first-order chi connectivity index (χ1) is 8.60. The molecular weight excluding hydrogens is 220 g/mol. The van der Waals surface area contributed by atoms with Gasteiger partial charge < -0.3 is 5.73 Å². The van der Waals surface area contributed by atoms with E-state index in [1.807, 2.05) is 0 Å². The quantitative estimate of drug-likeness (QED) is 0.884. The number of hydrogen-bond donors (Lipinski definition) is 1. The summed E-state index contributed by atoms with van der Waals surface area (Å²) in [5, 5.41) is 0. The molecule has 1 aromatic rings. The molecule has 1 heterocycles. The van der Waals surface area contributed by atoms with E-state index in [0.717, 1.165) is 12.6 Å². The summed E-state index contributed by atoms with van der Waals surface area (Å²) in [6.45, 7) is 8.80. The molecule has 0 radical (unpaired) electrons. The van der Waals surface area contributed by atoms with Gasteiger partial charge in [0, 0.05) is 18.6 Å². The van der Waals surface area contributed by atoms with Crippen LogP contribution < -0.4 is 5.73 Å². The maximum atomic E-state index is 6.39. The molecule has 2 atom stereocenters. The molecule has 2 rings (SSSR count). The molecule has 2 unspecified atom stereocenters. The number of nitrogens with two attached hydrogens (primary N) is 1. The van der Waals surface area contributed by atoms with E-state index in [1.165, 1.54) is 42.5 Å². The Balaban J connectivity index is 2.04. The molecule has 1 fully saturated rings. The van der Waals surface area contributed by atoms with Gasteiger partial charge in [-0.3, -0.25) is 4.90 Å². The fraction of sp³-hybridized carbons (Fsp3) is 0.625. The Bertz CT molecular complexity index is 380. The van der Waals surface area contributed by atoms with Gasteiger partial charge in [0.15, 0.2) is 0 Å². The Morgan fingerprint density at radius 1 is 1.28 bits per heavy atom. The molecule has 2 nitrogen and oxygen atoms in total. The standard InChI is InChI=1S/C16H26N2/c1-4-15-6-5-7-18(15)11-16(17)14-9-12(2)8-13(3)10-14/h8-10,15-16H,4-7,11,17H2,1-3H3. The van der Waals surface area contributed by atoms with Gasteiger partial charge in [0.25, 0.3) is 0 Å². The zero-order valence-corrected chi connectivity index (χ0v) is 11.9. The van der Waals surface area contributed by atoms with Crippen LogP contribution in [0.2, 0.25) is 0 Å². The summed E-state index contributed by atoms with van der Waals surface area (Å²) in [5.74, 6) is 0. The van der Waals surface area contributed by atoms with E-state index in [0.29, 0.717) is 0 Å². The van der Waals surface area contributed by atoms with Crippen molar-refractivity contribution in [2.45, 2.75) is 52.1 Å². The molecule has 0 aliphatic carbocycles. The summed E-state index contributed by atoms with van der Waals surface area (Å²) in [4.78, 5) is 2.57.